The summed E-state index contributed by atoms with van der Waals surface area (Å²) in [5, 5.41) is 0. The van der Waals surface area contributed by atoms with Crippen LogP contribution in [0.25, 0.3) is 6.08 Å². The molecule has 0 radical (unpaired) electrons. The van der Waals surface area contributed by atoms with E-state index in [0.29, 0.717) is 5.75 Å². The maximum atomic E-state index is 12.8. The van der Waals surface area contributed by atoms with Gasteiger partial charge in [0.05, 0.1) is 3.79 Å². The Balaban J connectivity index is 1.78. The van der Waals surface area contributed by atoms with Gasteiger partial charge in [0.25, 0.3) is 11.8 Å². The molecule has 0 fully saturated rings. The van der Waals surface area contributed by atoms with E-state index >= 15 is 0 Å². The minimum absolute atomic E-state index is 0.355. The molecule has 1 aromatic heterocycles. The molecule has 0 saturated carbocycles. The van der Waals surface area contributed by atoms with E-state index in [2.05, 4.69) is 26.8 Å². The Morgan fingerprint density at radius 2 is 1.92 bits per heavy atom. The molecule has 0 unspecified atom stereocenters. The fourth-order valence-electron chi connectivity index (χ4n) is 1.61. The van der Waals surface area contributed by atoms with Gasteiger partial charge in [0.2, 0.25) is 0 Å². The summed E-state index contributed by atoms with van der Waals surface area (Å²) in [7, 11) is 0. The van der Waals surface area contributed by atoms with Gasteiger partial charge in [-0.1, -0.05) is 0 Å². The van der Waals surface area contributed by atoms with Gasteiger partial charge < -0.3 is 4.74 Å². The number of amides is 2. The van der Waals surface area contributed by atoms with E-state index in [0.717, 1.165) is 8.66 Å². The Hall–Kier alpha value is -2.19. The van der Waals surface area contributed by atoms with Gasteiger partial charge in [0, 0.05) is 11.0 Å². The summed E-state index contributed by atoms with van der Waals surface area (Å²) in [6, 6.07) is 9.03. The minimum atomic E-state index is -0.854. The summed E-state index contributed by atoms with van der Waals surface area (Å²) in [6.07, 6.45) is 2.09. The molecule has 0 aliphatic heterocycles. The molecule has 2 aromatic rings. The number of carbonyl (C=O) groups excluding carboxylic acids is 2. The molecule has 0 saturated heterocycles. The number of halogens is 2. The quantitative estimate of drug-likeness (QED) is 0.584. The van der Waals surface area contributed by atoms with Crippen LogP contribution in [0.2, 0.25) is 0 Å². The van der Waals surface area contributed by atoms with E-state index in [1.807, 2.05) is 12.1 Å². The molecule has 0 bridgehead atoms. The third-order valence-corrected chi connectivity index (χ3v) is 4.39. The number of hydrogen-bond donors (Lipinski definition) is 2. The molecule has 2 amide bonds. The maximum Gasteiger partial charge on any atom is 0.279 e. The molecule has 0 spiro atoms. The van der Waals surface area contributed by atoms with E-state index in [4.69, 9.17) is 4.74 Å². The predicted octanol–water partition coefficient (Wildman–Crippen LogP) is 3.28. The van der Waals surface area contributed by atoms with Crippen molar-refractivity contribution in [2.24, 2.45) is 0 Å². The van der Waals surface area contributed by atoms with Crippen molar-refractivity contribution in [1.82, 2.24) is 10.9 Å². The van der Waals surface area contributed by atoms with Gasteiger partial charge in [-0.3, -0.25) is 20.4 Å². The third kappa shape index (κ3) is 5.78. The second kappa shape index (κ2) is 8.60. The normalized spacial score (nSPS) is 12.0. The third-order valence-electron chi connectivity index (χ3n) is 2.80. The Morgan fingerprint density at radius 1 is 1.21 bits per heavy atom. The Morgan fingerprint density at radius 3 is 2.54 bits per heavy atom. The van der Waals surface area contributed by atoms with Gasteiger partial charge in [-0.15, -0.1) is 11.3 Å². The van der Waals surface area contributed by atoms with Crippen molar-refractivity contribution < 1.29 is 18.7 Å². The smallest absolute Gasteiger partial charge is 0.279 e. The lowest BCUT2D eigenvalue weighted by Crippen LogP contribution is -2.46. The lowest BCUT2D eigenvalue weighted by molar-refractivity contribution is -0.131. The van der Waals surface area contributed by atoms with Crippen molar-refractivity contribution in [1.29, 1.82) is 0 Å². The minimum Gasteiger partial charge on any atom is -0.481 e. The standard InChI is InChI=1S/C16H14BrFN2O3S/c1-10(23-12-4-2-11(18)3-5-12)16(22)20-19-15(21)9-7-13-6-8-14(17)24-13/h2-10H,1H3,(H,19,21)(H,20,22)/b9-7+/t10-/m1/s1. The summed E-state index contributed by atoms with van der Waals surface area (Å²) in [6.45, 7) is 1.52. The second-order valence-electron chi connectivity index (χ2n) is 4.67. The first-order valence-corrected chi connectivity index (χ1v) is 8.50. The van der Waals surface area contributed by atoms with Gasteiger partial charge in [-0.05, 0) is 65.3 Å². The average molecular weight is 413 g/mol. The summed E-state index contributed by atoms with van der Waals surface area (Å²) in [5.74, 6) is -1.04. The van der Waals surface area contributed by atoms with Crippen LogP contribution in [0.1, 0.15) is 11.8 Å². The fraction of sp³-hybridized carbons (Fsp3) is 0.125. The molecular formula is C16H14BrFN2O3S. The summed E-state index contributed by atoms with van der Waals surface area (Å²) in [4.78, 5) is 24.4. The van der Waals surface area contributed by atoms with Crippen LogP contribution >= 0.6 is 27.3 Å². The largest absolute Gasteiger partial charge is 0.481 e. The molecule has 2 N–H and O–H groups in total. The molecule has 8 heteroatoms. The van der Waals surface area contributed by atoms with Crippen LogP contribution in [0.5, 0.6) is 5.75 Å². The molecule has 1 atom stereocenters. The molecule has 24 heavy (non-hydrogen) atoms. The summed E-state index contributed by atoms with van der Waals surface area (Å²) in [5.41, 5.74) is 4.52. The first kappa shape index (κ1) is 18.2. The van der Waals surface area contributed by atoms with Crippen LogP contribution in [-0.4, -0.2) is 17.9 Å². The van der Waals surface area contributed by atoms with E-state index in [1.54, 1.807) is 6.08 Å². The highest BCUT2D eigenvalue weighted by molar-refractivity contribution is 9.11. The molecule has 2 rings (SSSR count). The Kier molecular flexibility index (Phi) is 6.51. The van der Waals surface area contributed by atoms with Gasteiger partial charge >= 0.3 is 0 Å². The zero-order valence-electron chi connectivity index (χ0n) is 12.6. The van der Waals surface area contributed by atoms with Crippen molar-refractivity contribution in [2.45, 2.75) is 13.0 Å². The number of ether oxygens (including phenoxy) is 1. The molecule has 1 heterocycles. The Labute approximate surface area is 150 Å². The van der Waals surface area contributed by atoms with Gasteiger partial charge in [-0.2, -0.15) is 0 Å². The van der Waals surface area contributed by atoms with E-state index in [1.165, 1.54) is 48.6 Å². The summed E-state index contributed by atoms with van der Waals surface area (Å²) < 4.78 is 19.1. The number of thiophene rings is 1. The number of hydrogen-bond acceptors (Lipinski definition) is 4. The highest BCUT2D eigenvalue weighted by Gasteiger charge is 2.14. The zero-order chi connectivity index (χ0) is 17.5. The lowest BCUT2D eigenvalue weighted by Gasteiger charge is -2.14. The zero-order valence-corrected chi connectivity index (χ0v) is 15.0. The van der Waals surface area contributed by atoms with Crippen molar-refractivity contribution in [3.63, 3.8) is 0 Å². The van der Waals surface area contributed by atoms with Crippen molar-refractivity contribution in [3.05, 3.63) is 57.0 Å². The van der Waals surface area contributed by atoms with Gasteiger partial charge in [0.1, 0.15) is 11.6 Å². The highest BCUT2D eigenvalue weighted by Crippen LogP contribution is 2.22. The van der Waals surface area contributed by atoms with Crippen molar-refractivity contribution in [2.75, 3.05) is 0 Å². The molecular weight excluding hydrogens is 399 g/mol. The first-order valence-electron chi connectivity index (χ1n) is 6.89. The van der Waals surface area contributed by atoms with Gasteiger partial charge in [0.15, 0.2) is 6.10 Å². The van der Waals surface area contributed by atoms with Crippen LogP contribution < -0.4 is 15.6 Å². The molecule has 126 valence electrons. The second-order valence-corrected chi connectivity index (χ2v) is 7.16. The van der Waals surface area contributed by atoms with Gasteiger partial charge in [-0.25, -0.2) is 4.39 Å². The monoisotopic (exact) mass is 412 g/mol. The van der Waals surface area contributed by atoms with Crippen LogP contribution in [0.15, 0.2) is 46.3 Å². The van der Waals surface area contributed by atoms with Crippen molar-refractivity contribution in [3.8, 4) is 5.75 Å². The highest BCUT2D eigenvalue weighted by atomic mass is 79.9. The number of rotatable bonds is 5. The molecule has 0 aliphatic carbocycles. The summed E-state index contributed by atoms with van der Waals surface area (Å²) >= 11 is 4.81. The van der Waals surface area contributed by atoms with E-state index < -0.39 is 23.7 Å². The van der Waals surface area contributed by atoms with E-state index in [9.17, 15) is 14.0 Å². The lowest BCUT2D eigenvalue weighted by atomic mass is 10.3. The van der Waals surface area contributed by atoms with Crippen LogP contribution in [0.4, 0.5) is 4.39 Å². The average Bonchev–Trinajstić information content (AvgIpc) is 2.98. The molecule has 5 nitrogen and oxygen atoms in total. The topological polar surface area (TPSA) is 67.4 Å². The van der Waals surface area contributed by atoms with Crippen LogP contribution in [0, 0.1) is 5.82 Å². The predicted molar refractivity (Wildman–Crippen MR) is 93.8 cm³/mol. The number of carbonyl (C=O) groups is 2. The molecule has 0 aliphatic rings. The number of benzene rings is 1. The fourth-order valence-corrected chi connectivity index (χ4v) is 2.94. The van der Waals surface area contributed by atoms with E-state index in [-0.39, 0.29) is 0 Å². The van der Waals surface area contributed by atoms with Crippen molar-refractivity contribution >= 4 is 45.2 Å². The van der Waals surface area contributed by atoms with Crippen LogP contribution in [-0.2, 0) is 9.59 Å². The first-order chi connectivity index (χ1) is 11.4. The SMILES string of the molecule is C[C@@H](Oc1ccc(F)cc1)C(=O)NNC(=O)/C=C/c1ccc(Br)s1. The number of nitrogens with one attached hydrogen (secondary N) is 2. The molecule has 1 aromatic carbocycles. The van der Waals surface area contributed by atoms with Crippen LogP contribution in [0.3, 0.4) is 0 Å². The Bertz CT molecular complexity index is 746. The number of hydrazine groups is 1. The maximum absolute atomic E-state index is 12.8.